The summed E-state index contributed by atoms with van der Waals surface area (Å²) in [5.41, 5.74) is -1.73. The molecule has 0 saturated carbocycles. The number of hydrogen-bond donors (Lipinski definition) is 1. The fourth-order valence-electron chi connectivity index (χ4n) is 3.46. The zero-order valence-electron chi connectivity index (χ0n) is 17.2. The molecule has 0 unspecified atom stereocenters. The lowest BCUT2D eigenvalue weighted by molar-refractivity contribution is -0.143. The van der Waals surface area contributed by atoms with Crippen LogP contribution in [-0.4, -0.2) is 37.1 Å². The van der Waals surface area contributed by atoms with E-state index in [0.717, 1.165) is 11.1 Å². The van der Waals surface area contributed by atoms with E-state index in [1.54, 1.807) is 31.2 Å². The predicted octanol–water partition coefficient (Wildman–Crippen LogP) is 4.44. The number of para-hydroxylation sites is 1. The molecule has 0 bridgehead atoms. The summed E-state index contributed by atoms with van der Waals surface area (Å²) in [6.45, 7) is 1.48. The number of nitrogens with one attached hydrogen (secondary N) is 1. The lowest BCUT2D eigenvalue weighted by Gasteiger charge is -2.21. The molecule has 2 heterocycles. The van der Waals surface area contributed by atoms with E-state index in [4.69, 9.17) is 11.6 Å². The number of aromatic amines is 1. The van der Waals surface area contributed by atoms with Crippen LogP contribution in [0, 0.1) is 0 Å². The van der Waals surface area contributed by atoms with Gasteiger partial charge in [0.15, 0.2) is 5.69 Å². The lowest BCUT2D eigenvalue weighted by Crippen LogP contribution is -2.33. The zero-order chi connectivity index (χ0) is 23.8. The number of alkyl halides is 3. The van der Waals surface area contributed by atoms with Gasteiger partial charge in [0.1, 0.15) is 5.82 Å². The molecule has 2 aromatic carbocycles. The van der Waals surface area contributed by atoms with Crippen LogP contribution in [0.1, 0.15) is 28.8 Å². The number of aromatic nitrogens is 4. The van der Waals surface area contributed by atoms with Gasteiger partial charge in [0.2, 0.25) is 0 Å². The molecule has 1 amide bonds. The maximum atomic E-state index is 13.9. The molecule has 170 valence electrons. The van der Waals surface area contributed by atoms with E-state index in [2.05, 4.69) is 15.1 Å². The van der Waals surface area contributed by atoms with E-state index in [1.165, 1.54) is 24.3 Å². The first kappa shape index (κ1) is 22.5. The van der Waals surface area contributed by atoms with Crippen LogP contribution in [-0.2, 0) is 12.7 Å². The summed E-state index contributed by atoms with van der Waals surface area (Å²) in [6, 6.07) is 12.3. The van der Waals surface area contributed by atoms with Crippen LogP contribution in [0.15, 0.2) is 59.5 Å². The van der Waals surface area contributed by atoms with Crippen molar-refractivity contribution in [3.8, 4) is 5.69 Å². The fourth-order valence-corrected chi connectivity index (χ4v) is 3.62. The van der Waals surface area contributed by atoms with Gasteiger partial charge in [-0.2, -0.15) is 18.3 Å². The Kier molecular flexibility index (Phi) is 5.94. The molecule has 0 spiro atoms. The highest BCUT2D eigenvalue weighted by Gasteiger charge is 2.41. The number of fused-ring (bicyclic) bond motifs is 1. The van der Waals surface area contributed by atoms with Crippen molar-refractivity contribution >= 4 is 28.4 Å². The Morgan fingerprint density at radius 2 is 1.91 bits per heavy atom. The number of carbonyl (C=O) groups excluding carboxylic acids is 1. The molecule has 0 fully saturated rings. The SMILES string of the molecule is CCN(Cc1nc2cc(Cl)ccc2c(=O)[nH]1)C(=O)c1cnn(-c2ccccc2)c1C(F)(F)F. The van der Waals surface area contributed by atoms with Crippen molar-refractivity contribution in [2.45, 2.75) is 19.6 Å². The van der Waals surface area contributed by atoms with Crippen LogP contribution in [0.3, 0.4) is 0 Å². The number of benzene rings is 2. The summed E-state index contributed by atoms with van der Waals surface area (Å²) >= 11 is 5.97. The van der Waals surface area contributed by atoms with Crippen molar-refractivity contribution in [3.05, 3.63) is 87.2 Å². The molecule has 7 nitrogen and oxygen atoms in total. The van der Waals surface area contributed by atoms with Crippen molar-refractivity contribution in [3.63, 3.8) is 0 Å². The summed E-state index contributed by atoms with van der Waals surface area (Å²) in [6.07, 6.45) is -3.93. The Labute approximate surface area is 190 Å². The normalized spacial score (nSPS) is 11.7. The minimum Gasteiger partial charge on any atom is -0.331 e. The van der Waals surface area contributed by atoms with Gasteiger partial charge in [-0.3, -0.25) is 9.59 Å². The highest BCUT2D eigenvalue weighted by atomic mass is 35.5. The summed E-state index contributed by atoms with van der Waals surface area (Å²) in [5, 5.41) is 4.50. The van der Waals surface area contributed by atoms with Crippen molar-refractivity contribution in [2.75, 3.05) is 6.54 Å². The van der Waals surface area contributed by atoms with Crippen LogP contribution in [0.2, 0.25) is 5.02 Å². The van der Waals surface area contributed by atoms with Gasteiger partial charge >= 0.3 is 6.18 Å². The molecule has 0 aliphatic carbocycles. The highest BCUT2D eigenvalue weighted by Crippen LogP contribution is 2.34. The molecule has 1 N–H and O–H groups in total. The van der Waals surface area contributed by atoms with Gasteiger partial charge in [0.25, 0.3) is 11.5 Å². The third kappa shape index (κ3) is 4.47. The number of hydrogen-bond acceptors (Lipinski definition) is 4. The Hall–Kier alpha value is -3.66. The number of halogens is 4. The number of H-pyrrole nitrogens is 1. The van der Waals surface area contributed by atoms with E-state index >= 15 is 0 Å². The van der Waals surface area contributed by atoms with Gasteiger partial charge in [0, 0.05) is 11.6 Å². The Morgan fingerprint density at radius 1 is 1.18 bits per heavy atom. The molecule has 0 radical (unpaired) electrons. The molecule has 4 rings (SSSR count). The van der Waals surface area contributed by atoms with Gasteiger partial charge in [-0.05, 0) is 37.3 Å². The van der Waals surface area contributed by atoms with Gasteiger partial charge in [-0.25, -0.2) is 9.67 Å². The second-order valence-corrected chi connectivity index (χ2v) is 7.58. The Balaban J connectivity index is 1.72. The first-order valence-corrected chi connectivity index (χ1v) is 10.2. The van der Waals surface area contributed by atoms with Crippen LogP contribution in [0.25, 0.3) is 16.6 Å². The monoisotopic (exact) mass is 475 g/mol. The third-order valence-corrected chi connectivity index (χ3v) is 5.23. The maximum Gasteiger partial charge on any atom is 0.434 e. The lowest BCUT2D eigenvalue weighted by atomic mass is 10.2. The highest BCUT2D eigenvalue weighted by molar-refractivity contribution is 6.31. The van der Waals surface area contributed by atoms with E-state index in [0.29, 0.717) is 20.6 Å². The number of rotatable bonds is 5. The van der Waals surface area contributed by atoms with Crippen LogP contribution < -0.4 is 5.56 Å². The second-order valence-electron chi connectivity index (χ2n) is 7.15. The number of nitrogens with zero attached hydrogens (tertiary/aromatic N) is 4. The van der Waals surface area contributed by atoms with Crippen molar-refractivity contribution in [1.29, 1.82) is 0 Å². The molecule has 0 aliphatic heterocycles. The molecule has 0 saturated heterocycles. The fraction of sp³-hybridized carbons (Fsp3) is 0.182. The van der Waals surface area contributed by atoms with Crippen LogP contribution >= 0.6 is 11.6 Å². The van der Waals surface area contributed by atoms with E-state index in [-0.39, 0.29) is 24.6 Å². The van der Waals surface area contributed by atoms with Crippen LogP contribution in [0.5, 0.6) is 0 Å². The summed E-state index contributed by atoms with van der Waals surface area (Å²) in [4.78, 5) is 33.5. The first-order chi connectivity index (χ1) is 15.7. The molecule has 11 heteroatoms. The second kappa shape index (κ2) is 8.70. The van der Waals surface area contributed by atoms with Gasteiger partial charge < -0.3 is 9.88 Å². The van der Waals surface area contributed by atoms with Crippen molar-refractivity contribution < 1.29 is 18.0 Å². The first-order valence-electron chi connectivity index (χ1n) is 9.87. The minimum atomic E-state index is -4.83. The standard InChI is InChI=1S/C22H17ClF3N5O2/c1-2-30(12-18-28-17-10-13(23)8-9-15(17)20(32)29-18)21(33)16-11-27-31(19(16)22(24,25)26)14-6-4-3-5-7-14/h3-11H,2,12H2,1H3,(H,28,29,32). The van der Waals surface area contributed by atoms with E-state index in [9.17, 15) is 22.8 Å². The average molecular weight is 476 g/mol. The predicted molar refractivity (Wildman–Crippen MR) is 116 cm³/mol. The summed E-state index contributed by atoms with van der Waals surface area (Å²) < 4.78 is 42.5. The van der Waals surface area contributed by atoms with E-state index in [1.807, 2.05) is 0 Å². The van der Waals surface area contributed by atoms with E-state index < -0.39 is 28.9 Å². The Bertz CT molecular complexity index is 1380. The maximum absolute atomic E-state index is 13.9. The van der Waals surface area contributed by atoms with Gasteiger partial charge in [0.05, 0.1) is 34.9 Å². The molecule has 0 aliphatic rings. The van der Waals surface area contributed by atoms with Crippen molar-refractivity contribution in [2.24, 2.45) is 0 Å². The number of carbonyl (C=O) groups is 1. The van der Waals surface area contributed by atoms with Crippen molar-refractivity contribution in [1.82, 2.24) is 24.6 Å². The molecular formula is C22H17ClF3N5O2. The molecule has 2 aromatic heterocycles. The summed E-state index contributed by atoms with van der Waals surface area (Å²) in [5.74, 6) is -0.769. The topological polar surface area (TPSA) is 83.9 Å². The quantitative estimate of drug-likeness (QED) is 0.462. The smallest absolute Gasteiger partial charge is 0.331 e. The molecule has 33 heavy (non-hydrogen) atoms. The zero-order valence-corrected chi connectivity index (χ0v) is 18.0. The molecule has 0 atom stereocenters. The van der Waals surface area contributed by atoms with Gasteiger partial charge in [-0.1, -0.05) is 29.8 Å². The molecule has 4 aromatic rings. The Morgan fingerprint density at radius 3 is 2.58 bits per heavy atom. The number of amides is 1. The van der Waals surface area contributed by atoms with Crippen LogP contribution in [0.4, 0.5) is 13.2 Å². The summed E-state index contributed by atoms with van der Waals surface area (Å²) in [7, 11) is 0. The minimum absolute atomic E-state index is 0.0734. The third-order valence-electron chi connectivity index (χ3n) is 5.00. The van der Waals surface area contributed by atoms with Gasteiger partial charge in [-0.15, -0.1) is 0 Å². The molecular weight excluding hydrogens is 459 g/mol. The largest absolute Gasteiger partial charge is 0.434 e. The average Bonchev–Trinajstić information content (AvgIpc) is 3.23.